The van der Waals surface area contributed by atoms with E-state index in [1.54, 1.807) is 23.5 Å². The molecule has 1 spiro atoms. The summed E-state index contributed by atoms with van der Waals surface area (Å²) in [4.78, 5) is 43.8. The van der Waals surface area contributed by atoms with Crippen molar-refractivity contribution in [2.75, 3.05) is 11.9 Å². The minimum Gasteiger partial charge on any atom is -0.325 e. The van der Waals surface area contributed by atoms with Gasteiger partial charge in [0.25, 0.3) is 5.91 Å². The zero-order valence-corrected chi connectivity index (χ0v) is 19.3. The largest absolute Gasteiger partial charge is 0.325 e. The fraction of sp³-hybridized carbons (Fsp3) is 0.360. The Morgan fingerprint density at radius 3 is 2.58 bits per heavy atom. The predicted octanol–water partition coefficient (Wildman–Crippen LogP) is 4.79. The molecule has 1 saturated heterocycles. The zero-order valence-electron chi connectivity index (χ0n) is 18.5. The van der Waals surface area contributed by atoms with Gasteiger partial charge in [0.05, 0.1) is 10.2 Å². The van der Waals surface area contributed by atoms with E-state index in [4.69, 9.17) is 0 Å². The molecule has 2 aliphatic rings. The maximum absolute atomic E-state index is 13.0. The number of rotatable bonds is 5. The molecule has 2 N–H and O–H groups in total. The van der Waals surface area contributed by atoms with E-state index in [-0.39, 0.29) is 12.5 Å². The second-order valence-electron chi connectivity index (χ2n) is 8.87. The average molecular weight is 463 g/mol. The van der Waals surface area contributed by atoms with Gasteiger partial charge in [-0.15, -0.1) is 11.3 Å². The number of para-hydroxylation sites is 1. The first-order valence-corrected chi connectivity index (χ1v) is 12.2. The van der Waals surface area contributed by atoms with Gasteiger partial charge in [0, 0.05) is 11.3 Å². The van der Waals surface area contributed by atoms with Gasteiger partial charge in [-0.25, -0.2) is 9.78 Å². The van der Waals surface area contributed by atoms with Crippen molar-refractivity contribution in [2.24, 2.45) is 5.92 Å². The van der Waals surface area contributed by atoms with Gasteiger partial charge in [0.2, 0.25) is 5.91 Å². The van der Waals surface area contributed by atoms with Crippen LogP contribution >= 0.6 is 11.3 Å². The summed E-state index contributed by atoms with van der Waals surface area (Å²) in [5.41, 5.74) is 1.70. The summed E-state index contributed by atoms with van der Waals surface area (Å²) < 4.78 is 1.12. The molecule has 0 radical (unpaired) electrons. The molecule has 3 aromatic rings. The van der Waals surface area contributed by atoms with Crippen molar-refractivity contribution in [2.45, 2.75) is 44.6 Å². The van der Waals surface area contributed by atoms with E-state index in [1.807, 2.05) is 36.4 Å². The first-order valence-electron chi connectivity index (χ1n) is 11.4. The number of thiazole rings is 1. The standard InChI is InChI=1S/C25H26N4O3S/c1-2-16-11-13-25(14-12-16)23(31)29(24(32)28-25)15-21(30)26-18-9-7-17(8-10-18)22-27-19-5-3-4-6-20(19)33-22/h3-10,16H,2,11-15H2,1H3,(H,26,30)(H,28,32). The molecule has 1 aromatic heterocycles. The Labute approximate surface area is 196 Å². The average Bonchev–Trinajstić information content (AvgIpc) is 3.35. The minimum atomic E-state index is -0.831. The molecule has 0 atom stereocenters. The third kappa shape index (κ3) is 4.11. The van der Waals surface area contributed by atoms with Gasteiger partial charge in [-0.3, -0.25) is 14.5 Å². The predicted molar refractivity (Wildman–Crippen MR) is 129 cm³/mol. The monoisotopic (exact) mass is 462 g/mol. The minimum absolute atomic E-state index is 0.275. The lowest BCUT2D eigenvalue weighted by Crippen LogP contribution is -2.49. The fourth-order valence-corrected chi connectivity index (χ4v) is 5.74. The maximum Gasteiger partial charge on any atom is 0.325 e. The van der Waals surface area contributed by atoms with Gasteiger partial charge in [-0.2, -0.15) is 0 Å². The number of nitrogens with one attached hydrogen (secondary N) is 2. The lowest BCUT2D eigenvalue weighted by molar-refractivity contribution is -0.135. The van der Waals surface area contributed by atoms with Crippen LogP contribution in [0.5, 0.6) is 0 Å². The van der Waals surface area contributed by atoms with Gasteiger partial charge in [0.1, 0.15) is 17.1 Å². The van der Waals surface area contributed by atoms with Gasteiger partial charge >= 0.3 is 6.03 Å². The molecular weight excluding hydrogens is 436 g/mol. The molecule has 0 unspecified atom stereocenters. The van der Waals surface area contributed by atoms with E-state index < -0.39 is 17.5 Å². The number of benzene rings is 2. The van der Waals surface area contributed by atoms with Crippen molar-refractivity contribution < 1.29 is 14.4 Å². The van der Waals surface area contributed by atoms with E-state index >= 15 is 0 Å². The second-order valence-corrected chi connectivity index (χ2v) is 9.90. The molecule has 7 nitrogen and oxygen atoms in total. The molecule has 33 heavy (non-hydrogen) atoms. The van der Waals surface area contributed by atoms with Crippen molar-refractivity contribution in [1.82, 2.24) is 15.2 Å². The Balaban J connectivity index is 1.22. The van der Waals surface area contributed by atoms with Gasteiger partial charge < -0.3 is 10.6 Å². The number of aromatic nitrogens is 1. The molecule has 8 heteroatoms. The van der Waals surface area contributed by atoms with E-state index in [0.717, 1.165) is 45.0 Å². The first kappa shape index (κ1) is 21.6. The Bertz CT molecular complexity index is 1180. The maximum atomic E-state index is 13.0. The number of urea groups is 1. The molecule has 0 bridgehead atoms. The first-order chi connectivity index (χ1) is 16.0. The fourth-order valence-electron chi connectivity index (χ4n) is 4.77. The van der Waals surface area contributed by atoms with Crippen LogP contribution in [-0.4, -0.2) is 39.8 Å². The summed E-state index contributed by atoms with van der Waals surface area (Å²) in [6.07, 6.45) is 4.21. The highest BCUT2D eigenvalue weighted by molar-refractivity contribution is 7.21. The number of hydrogen-bond acceptors (Lipinski definition) is 5. The number of amides is 4. The molecule has 1 aliphatic heterocycles. The second kappa shape index (κ2) is 8.59. The smallest absolute Gasteiger partial charge is 0.325 e. The van der Waals surface area contributed by atoms with Crippen LogP contribution < -0.4 is 10.6 Å². The number of fused-ring (bicyclic) bond motifs is 1. The van der Waals surface area contributed by atoms with Crippen molar-refractivity contribution in [3.05, 3.63) is 48.5 Å². The Morgan fingerprint density at radius 2 is 1.88 bits per heavy atom. The van der Waals surface area contributed by atoms with Gasteiger partial charge in [-0.05, 0) is 68.0 Å². The van der Waals surface area contributed by atoms with Crippen LogP contribution in [0.4, 0.5) is 10.5 Å². The van der Waals surface area contributed by atoms with Crippen molar-refractivity contribution in [3.63, 3.8) is 0 Å². The van der Waals surface area contributed by atoms with Crippen LogP contribution in [0, 0.1) is 5.92 Å². The molecule has 1 aliphatic carbocycles. The summed E-state index contributed by atoms with van der Waals surface area (Å²) in [6.45, 7) is 1.86. The lowest BCUT2D eigenvalue weighted by Gasteiger charge is -2.34. The Kier molecular flexibility index (Phi) is 5.62. The van der Waals surface area contributed by atoms with Crippen molar-refractivity contribution in [1.29, 1.82) is 0 Å². The van der Waals surface area contributed by atoms with Crippen LogP contribution in [0.1, 0.15) is 39.0 Å². The van der Waals surface area contributed by atoms with Gasteiger partial charge in [-0.1, -0.05) is 25.5 Å². The molecule has 1 saturated carbocycles. The number of carbonyl (C=O) groups is 3. The van der Waals surface area contributed by atoms with E-state index in [9.17, 15) is 14.4 Å². The number of carbonyl (C=O) groups excluding carboxylic acids is 3. The number of nitrogens with zero attached hydrogens (tertiary/aromatic N) is 2. The van der Waals surface area contributed by atoms with E-state index in [1.165, 1.54) is 0 Å². The summed E-state index contributed by atoms with van der Waals surface area (Å²) in [7, 11) is 0. The lowest BCUT2D eigenvalue weighted by atomic mass is 9.75. The third-order valence-electron chi connectivity index (χ3n) is 6.79. The highest BCUT2D eigenvalue weighted by Crippen LogP contribution is 2.37. The van der Waals surface area contributed by atoms with Crippen molar-refractivity contribution in [3.8, 4) is 10.6 Å². The topological polar surface area (TPSA) is 91.4 Å². The van der Waals surface area contributed by atoms with Crippen LogP contribution in [0.3, 0.4) is 0 Å². The number of imide groups is 1. The third-order valence-corrected chi connectivity index (χ3v) is 7.88. The summed E-state index contributed by atoms with van der Waals surface area (Å²) in [5.74, 6) is -0.0719. The molecule has 5 rings (SSSR count). The molecule has 2 fully saturated rings. The number of anilines is 1. The summed E-state index contributed by atoms with van der Waals surface area (Å²) in [6, 6.07) is 14.9. The van der Waals surface area contributed by atoms with E-state index in [2.05, 4.69) is 22.5 Å². The Hall–Kier alpha value is -3.26. The molecule has 4 amide bonds. The van der Waals surface area contributed by atoms with Crippen LogP contribution in [0.2, 0.25) is 0 Å². The quantitative estimate of drug-likeness (QED) is 0.533. The molecule has 170 valence electrons. The van der Waals surface area contributed by atoms with Crippen LogP contribution in [-0.2, 0) is 9.59 Å². The normalized spacial score (nSPS) is 22.7. The highest BCUT2D eigenvalue weighted by Gasteiger charge is 2.52. The highest BCUT2D eigenvalue weighted by atomic mass is 32.1. The SMILES string of the molecule is CCC1CCC2(CC1)NC(=O)N(CC(=O)Nc1ccc(-c3nc4ccccc4s3)cc1)C2=O. The van der Waals surface area contributed by atoms with Crippen LogP contribution in [0.25, 0.3) is 20.8 Å². The van der Waals surface area contributed by atoms with E-state index in [0.29, 0.717) is 24.4 Å². The summed E-state index contributed by atoms with van der Waals surface area (Å²) >= 11 is 1.62. The Morgan fingerprint density at radius 1 is 1.15 bits per heavy atom. The molecule has 2 aromatic carbocycles. The molecule has 2 heterocycles. The number of hydrogen-bond donors (Lipinski definition) is 2. The molecular formula is C25H26N4O3S. The van der Waals surface area contributed by atoms with Gasteiger partial charge in [0.15, 0.2) is 0 Å². The van der Waals surface area contributed by atoms with Crippen molar-refractivity contribution >= 4 is 45.1 Å². The zero-order chi connectivity index (χ0) is 23.0. The summed E-state index contributed by atoms with van der Waals surface area (Å²) in [5, 5.41) is 6.58. The van der Waals surface area contributed by atoms with Crippen LogP contribution in [0.15, 0.2) is 48.5 Å².